The van der Waals surface area contributed by atoms with Crippen LogP contribution in [0.4, 0.5) is 10.8 Å². The van der Waals surface area contributed by atoms with Crippen molar-refractivity contribution in [3.63, 3.8) is 0 Å². The minimum Gasteiger partial charge on any atom is -0.478 e. The number of fused-ring (bicyclic) bond motifs is 1. The molecule has 2 N–H and O–H groups in total. The van der Waals surface area contributed by atoms with Crippen molar-refractivity contribution in [1.82, 2.24) is 9.29 Å². The molecule has 32 heavy (non-hydrogen) atoms. The minimum atomic E-state index is -3.85. The summed E-state index contributed by atoms with van der Waals surface area (Å²) in [6.45, 7) is 5.80. The third kappa shape index (κ3) is 4.37. The number of carbonyl (C=O) groups is 2. The molecule has 2 aromatic rings. The number of rotatable bonds is 5. The lowest BCUT2D eigenvalue weighted by atomic mass is 9.99. The lowest BCUT2D eigenvalue weighted by Crippen LogP contribution is -2.44. The predicted octanol–water partition coefficient (Wildman–Crippen LogP) is 2.91. The second-order valence-corrected chi connectivity index (χ2v) is 10.9. The number of sulfonamides is 1. The highest BCUT2D eigenvalue weighted by Crippen LogP contribution is 2.36. The molecule has 1 saturated heterocycles. The SMILES string of the molecule is CC[C@H]1Oc2cc(S(=O)(=O)N3CCC[C@H](C(=O)Nc4nc(C)cs4)C3)c(C)cc2NC1=O. The molecule has 2 amide bonds. The number of benzene rings is 1. The standard InChI is InChI=1S/C21H26N4O5S2/c1-4-16-20(27)23-15-8-12(2)18(9-17(15)30-16)32(28,29)25-7-5-6-14(10-25)19(26)24-21-22-13(3)11-31-21/h8-9,11,14,16H,4-7,10H2,1-3H3,(H,23,27)(H,22,24,26)/t14-,16+/m0/s1. The van der Waals surface area contributed by atoms with E-state index in [4.69, 9.17) is 4.74 Å². The molecule has 0 radical (unpaired) electrons. The van der Waals surface area contributed by atoms with Crippen LogP contribution in [0.3, 0.4) is 0 Å². The van der Waals surface area contributed by atoms with Crippen LogP contribution in [0.15, 0.2) is 22.4 Å². The maximum Gasteiger partial charge on any atom is 0.265 e. The van der Waals surface area contributed by atoms with Gasteiger partial charge in [0.25, 0.3) is 5.91 Å². The van der Waals surface area contributed by atoms with Gasteiger partial charge in [0.15, 0.2) is 11.2 Å². The molecule has 0 aliphatic carbocycles. The van der Waals surface area contributed by atoms with Gasteiger partial charge in [-0.3, -0.25) is 9.59 Å². The van der Waals surface area contributed by atoms with E-state index in [0.29, 0.717) is 47.9 Å². The molecule has 2 aliphatic heterocycles. The number of amides is 2. The van der Waals surface area contributed by atoms with Crippen LogP contribution in [0.2, 0.25) is 0 Å². The first kappa shape index (κ1) is 22.7. The molecule has 2 aliphatic rings. The van der Waals surface area contributed by atoms with Crippen molar-refractivity contribution in [2.45, 2.75) is 51.0 Å². The Morgan fingerprint density at radius 2 is 2.16 bits per heavy atom. The molecule has 1 fully saturated rings. The topological polar surface area (TPSA) is 118 Å². The number of hydrogen-bond donors (Lipinski definition) is 2. The molecule has 4 rings (SSSR count). The normalized spacial score (nSPS) is 21.4. The van der Waals surface area contributed by atoms with Crippen LogP contribution in [0.1, 0.15) is 37.4 Å². The van der Waals surface area contributed by atoms with Crippen LogP contribution >= 0.6 is 11.3 Å². The molecule has 9 nitrogen and oxygen atoms in total. The molecule has 1 aromatic heterocycles. The Morgan fingerprint density at radius 1 is 1.38 bits per heavy atom. The second-order valence-electron chi connectivity index (χ2n) is 8.10. The number of hydrogen-bond acceptors (Lipinski definition) is 7. The number of thiazole rings is 1. The monoisotopic (exact) mass is 478 g/mol. The quantitative estimate of drug-likeness (QED) is 0.682. The molecule has 0 spiro atoms. The summed E-state index contributed by atoms with van der Waals surface area (Å²) in [5.41, 5.74) is 1.79. The number of carbonyl (C=O) groups excluding carboxylic acids is 2. The number of ether oxygens (including phenoxy) is 1. The van der Waals surface area contributed by atoms with E-state index < -0.39 is 22.0 Å². The van der Waals surface area contributed by atoms with Gasteiger partial charge in [-0.1, -0.05) is 6.92 Å². The van der Waals surface area contributed by atoms with Gasteiger partial charge in [0.05, 0.1) is 22.2 Å². The summed E-state index contributed by atoms with van der Waals surface area (Å²) in [4.78, 5) is 29.1. The summed E-state index contributed by atoms with van der Waals surface area (Å²) in [7, 11) is -3.85. The molecule has 2 atom stereocenters. The number of piperidine rings is 1. The summed E-state index contributed by atoms with van der Waals surface area (Å²) in [5.74, 6) is -0.583. The summed E-state index contributed by atoms with van der Waals surface area (Å²) >= 11 is 1.34. The molecule has 3 heterocycles. The number of nitrogens with one attached hydrogen (secondary N) is 2. The molecule has 11 heteroatoms. The van der Waals surface area contributed by atoms with E-state index in [1.165, 1.54) is 21.7 Å². The zero-order chi connectivity index (χ0) is 23.0. The zero-order valence-corrected chi connectivity index (χ0v) is 19.8. The third-order valence-electron chi connectivity index (χ3n) is 5.69. The van der Waals surface area contributed by atoms with Crippen LogP contribution in [0.25, 0.3) is 0 Å². The summed E-state index contributed by atoms with van der Waals surface area (Å²) < 4.78 is 34.1. The third-order valence-corrected chi connectivity index (χ3v) is 8.57. The number of nitrogens with zero attached hydrogens (tertiary/aromatic N) is 2. The van der Waals surface area contributed by atoms with E-state index in [1.807, 2.05) is 19.2 Å². The highest BCUT2D eigenvalue weighted by atomic mass is 32.2. The number of anilines is 2. The van der Waals surface area contributed by atoms with Gasteiger partial charge in [0.2, 0.25) is 15.9 Å². The summed E-state index contributed by atoms with van der Waals surface area (Å²) in [6, 6.07) is 3.09. The Morgan fingerprint density at radius 3 is 2.84 bits per heavy atom. The van der Waals surface area contributed by atoms with Gasteiger partial charge in [-0.15, -0.1) is 11.3 Å². The Balaban J connectivity index is 1.55. The molecule has 172 valence electrons. The van der Waals surface area contributed by atoms with E-state index in [9.17, 15) is 18.0 Å². The van der Waals surface area contributed by atoms with Gasteiger partial charge in [0.1, 0.15) is 5.75 Å². The Labute approximate surface area is 191 Å². The van der Waals surface area contributed by atoms with Crippen molar-refractivity contribution in [2.75, 3.05) is 23.7 Å². The molecular weight excluding hydrogens is 452 g/mol. The highest BCUT2D eigenvalue weighted by molar-refractivity contribution is 7.89. The van der Waals surface area contributed by atoms with Crippen molar-refractivity contribution >= 4 is 44.0 Å². The van der Waals surface area contributed by atoms with E-state index in [-0.39, 0.29) is 23.3 Å². The van der Waals surface area contributed by atoms with E-state index >= 15 is 0 Å². The number of aryl methyl sites for hydroxylation is 2. The lowest BCUT2D eigenvalue weighted by Gasteiger charge is -2.32. The van der Waals surface area contributed by atoms with Crippen molar-refractivity contribution in [3.05, 3.63) is 28.8 Å². The summed E-state index contributed by atoms with van der Waals surface area (Å²) in [6.07, 6.45) is 1.02. The Bertz CT molecular complexity index is 1160. The average molecular weight is 479 g/mol. The largest absolute Gasteiger partial charge is 0.478 e. The zero-order valence-electron chi connectivity index (χ0n) is 18.2. The maximum atomic E-state index is 13.5. The van der Waals surface area contributed by atoms with Gasteiger partial charge in [-0.05, 0) is 44.7 Å². The Kier molecular flexibility index (Phi) is 6.24. The van der Waals surface area contributed by atoms with Crippen LogP contribution in [-0.4, -0.2) is 48.7 Å². The molecule has 0 unspecified atom stereocenters. The fourth-order valence-electron chi connectivity index (χ4n) is 3.96. The maximum absolute atomic E-state index is 13.5. The van der Waals surface area contributed by atoms with Gasteiger partial charge < -0.3 is 15.4 Å². The molecule has 0 bridgehead atoms. The van der Waals surface area contributed by atoms with Gasteiger partial charge in [-0.25, -0.2) is 13.4 Å². The molecular formula is C21H26N4O5S2. The van der Waals surface area contributed by atoms with Gasteiger partial charge in [0, 0.05) is 24.5 Å². The van der Waals surface area contributed by atoms with E-state index in [2.05, 4.69) is 15.6 Å². The van der Waals surface area contributed by atoms with E-state index in [1.54, 1.807) is 13.0 Å². The van der Waals surface area contributed by atoms with Crippen LogP contribution in [-0.2, 0) is 19.6 Å². The average Bonchev–Trinajstić information content (AvgIpc) is 3.17. The fraction of sp³-hybridized carbons (Fsp3) is 0.476. The van der Waals surface area contributed by atoms with E-state index in [0.717, 1.165) is 5.69 Å². The van der Waals surface area contributed by atoms with Crippen LogP contribution < -0.4 is 15.4 Å². The second kappa shape index (κ2) is 8.80. The first-order valence-corrected chi connectivity index (χ1v) is 12.9. The van der Waals surface area contributed by atoms with Crippen LogP contribution in [0.5, 0.6) is 5.75 Å². The van der Waals surface area contributed by atoms with Crippen molar-refractivity contribution in [1.29, 1.82) is 0 Å². The smallest absolute Gasteiger partial charge is 0.265 e. The first-order valence-electron chi connectivity index (χ1n) is 10.5. The van der Waals surface area contributed by atoms with Crippen LogP contribution in [0, 0.1) is 19.8 Å². The van der Waals surface area contributed by atoms with Crippen molar-refractivity contribution in [3.8, 4) is 5.75 Å². The minimum absolute atomic E-state index is 0.101. The van der Waals surface area contributed by atoms with Gasteiger partial charge in [-0.2, -0.15) is 4.31 Å². The highest BCUT2D eigenvalue weighted by Gasteiger charge is 2.36. The first-order chi connectivity index (χ1) is 15.2. The predicted molar refractivity (Wildman–Crippen MR) is 121 cm³/mol. The fourth-order valence-corrected chi connectivity index (χ4v) is 6.40. The summed E-state index contributed by atoms with van der Waals surface area (Å²) in [5, 5.41) is 7.94. The van der Waals surface area contributed by atoms with Crippen molar-refractivity contribution < 1.29 is 22.7 Å². The Hall–Kier alpha value is -2.50. The molecule has 0 saturated carbocycles. The van der Waals surface area contributed by atoms with Crippen molar-refractivity contribution in [2.24, 2.45) is 5.92 Å². The number of aromatic nitrogens is 1. The molecule has 1 aromatic carbocycles. The van der Waals surface area contributed by atoms with Gasteiger partial charge >= 0.3 is 0 Å². The lowest BCUT2D eigenvalue weighted by molar-refractivity contribution is -0.123.